The molecule has 0 aliphatic heterocycles. The van der Waals surface area contributed by atoms with Gasteiger partial charge in [-0.25, -0.2) is 14.2 Å². The van der Waals surface area contributed by atoms with E-state index >= 15 is 0 Å². The standard InChI is InChI=1S/C33H34F4N4O2/c1-3-6-30-40-31-20(2)13-22(15-29(31)41(30)19-21-9-10-25(32(42)43)26(34)14-21)17-38-18-24(11-12-33(35,36)37)28-16-23-7-4-5-8-27(23)39-28/h4-5,7-10,13-16,24,38-39H,3,6,11-12,17-19H2,1-2H3,(H,42,43). The van der Waals surface area contributed by atoms with Gasteiger partial charge in [0.1, 0.15) is 11.6 Å². The van der Waals surface area contributed by atoms with Crippen molar-refractivity contribution in [2.24, 2.45) is 0 Å². The average Bonchev–Trinajstić information content (AvgIpc) is 3.52. The van der Waals surface area contributed by atoms with Crippen molar-refractivity contribution in [3.05, 3.63) is 100 Å². The summed E-state index contributed by atoms with van der Waals surface area (Å²) in [7, 11) is 0. The summed E-state index contributed by atoms with van der Waals surface area (Å²) in [6.07, 6.45) is -3.57. The highest BCUT2D eigenvalue weighted by Gasteiger charge is 2.29. The average molecular weight is 595 g/mol. The Morgan fingerprint density at radius 2 is 1.88 bits per heavy atom. The van der Waals surface area contributed by atoms with Crippen molar-refractivity contribution in [1.29, 1.82) is 0 Å². The third-order valence-electron chi connectivity index (χ3n) is 7.75. The second-order valence-electron chi connectivity index (χ2n) is 11.1. The Morgan fingerprint density at radius 3 is 2.58 bits per heavy atom. The van der Waals surface area contributed by atoms with Crippen LogP contribution >= 0.6 is 0 Å². The molecule has 1 atom stereocenters. The summed E-state index contributed by atoms with van der Waals surface area (Å²) in [5.41, 5.74) is 5.51. The number of aromatic nitrogens is 3. The van der Waals surface area contributed by atoms with Crippen LogP contribution < -0.4 is 5.32 Å². The van der Waals surface area contributed by atoms with Crippen LogP contribution in [0.3, 0.4) is 0 Å². The summed E-state index contributed by atoms with van der Waals surface area (Å²) in [5.74, 6) is -1.62. The maximum absolute atomic E-state index is 14.4. The molecule has 226 valence electrons. The number of nitrogens with one attached hydrogen (secondary N) is 2. The van der Waals surface area contributed by atoms with Crippen molar-refractivity contribution < 1.29 is 27.5 Å². The minimum atomic E-state index is -4.24. The molecule has 3 N–H and O–H groups in total. The maximum atomic E-state index is 14.4. The minimum Gasteiger partial charge on any atom is -0.478 e. The van der Waals surface area contributed by atoms with Gasteiger partial charge in [-0.1, -0.05) is 37.3 Å². The van der Waals surface area contributed by atoms with Gasteiger partial charge in [0.25, 0.3) is 0 Å². The number of carbonyl (C=O) groups is 1. The largest absolute Gasteiger partial charge is 0.478 e. The first-order valence-corrected chi connectivity index (χ1v) is 14.4. The number of rotatable bonds is 12. The van der Waals surface area contributed by atoms with Gasteiger partial charge >= 0.3 is 12.1 Å². The number of aromatic carboxylic acids is 1. The molecule has 0 aliphatic rings. The summed E-state index contributed by atoms with van der Waals surface area (Å²) in [6.45, 7) is 5.14. The lowest BCUT2D eigenvalue weighted by atomic mass is 9.98. The van der Waals surface area contributed by atoms with E-state index in [1.165, 1.54) is 12.1 Å². The van der Waals surface area contributed by atoms with E-state index in [4.69, 9.17) is 4.98 Å². The number of hydrogen-bond acceptors (Lipinski definition) is 3. The summed E-state index contributed by atoms with van der Waals surface area (Å²) in [5, 5.41) is 13.5. The molecule has 2 heterocycles. The highest BCUT2D eigenvalue weighted by Crippen LogP contribution is 2.31. The predicted octanol–water partition coefficient (Wildman–Crippen LogP) is 7.88. The lowest BCUT2D eigenvalue weighted by molar-refractivity contribution is -0.136. The highest BCUT2D eigenvalue weighted by atomic mass is 19.4. The molecule has 1 unspecified atom stereocenters. The van der Waals surface area contributed by atoms with Gasteiger partial charge in [0.05, 0.1) is 16.6 Å². The summed E-state index contributed by atoms with van der Waals surface area (Å²) in [6, 6.07) is 17.7. The SMILES string of the molecule is CCCc1nc2c(C)cc(CNCC(CCC(F)(F)F)c3cc4ccccc4[nH]3)cc2n1Cc1ccc(C(=O)O)c(F)c1. The molecule has 2 aromatic heterocycles. The summed E-state index contributed by atoms with van der Waals surface area (Å²) >= 11 is 0. The number of halogens is 4. The van der Waals surface area contributed by atoms with E-state index in [2.05, 4.69) is 17.2 Å². The molecule has 5 aromatic rings. The van der Waals surface area contributed by atoms with E-state index in [9.17, 15) is 27.5 Å². The number of alkyl halides is 3. The van der Waals surface area contributed by atoms with Crippen LogP contribution in [0.25, 0.3) is 21.9 Å². The van der Waals surface area contributed by atoms with Gasteiger partial charge < -0.3 is 20.0 Å². The molecule has 0 spiro atoms. The number of benzene rings is 3. The van der Waals surface area contributed by atoms with Crippen molar-refractivity contribution in [2.75, 3.05) is 6.54 Å². The van der Waals surface area contributed by atoms with Crippen LogP contribution in [0, 0.1) is 12.7 Å². The predicted molar refractivity (Wildman–Crippen MR) is 159 cm³/mol. The van der Waals surface area contributed by atoms with Crippen molar-refractivity contribution in [3.63, 3.8) is 0 Å². The number of imidazole rings is 1. The molecule has 0 fully saturated rings. The summed E-state index contributed by atoms with van der Waals surface area (Å²) < 4.78 is 56.0. The van der Waals surface area contributed by atoms with Gasteiger partial charge in [-0.15, -0.1) is 0 Å². The van der Waals surface area contributed by atoms with E-state index in [0.717, 1.165) is 51.0 Å². The number of carboxylic acid groups (broad SMARTS) is 1. The summed E-state index contributed by atoms with van der Waals surface area (Å²) in [4.78, 5) is 19.4. The number of nitrogens with zero attached hydrogens (tertiary/aromatic N) is 2. The molecule has 5 rings (SSSR count). The molecule has 0 saturated heterocycles. The fourth-order valence-corrected chi connectivity index (χ4v) is 5.63. The van der Waals surface area contributed by atoms with Crippen LogP contribution in [-0.4, -0.2) is 38.3 Å². The molecule has 43 heavy (non-hydrogen) atoms. The number of H-pyrrole nitrogens is 1. The Bertz CT molecular complexity index is 1720. The number of para-hydroxylation sites is 1. The first-order valence-electron chi connectivity index (χ1n) is 14.4. The Kier molecular flexibility index (Phi) is 8.87. The van der Waals surface area contributed by atoms with Gasteiger partial charge in [-0.05, 0) is 72.2 Å². The van der Waals surface area contributed by atoms with E-state index in [1.807, 2.05) is 54.0 Å². The van der Waals surface area contributed by atoms with E-state index in [0.29, 0.717) is 31.6 Å². The lowest BCUT2D eigenvalue weighted by Crippen LogP contribution is -2.23. The second-order valence-corrected chi connectivity index (χ2v) is 11.1. The van der Waals surface area contributed by atoms with Crippen LogP contribution in [0.1, 0.15) is 70.7 Å². The van der Waals surface area contributed by atoms with E-state index < -0.39 is 24.4 Å². The monoisotopic (exact) mass is 594 g/mol. The molecule has 0 bridgehead atoms. The smallest absolute Gasteiger partial charge is 0.389 e. The maximum Gasteiger partial charge on any atom is 0.389 e. The van der Waals surface area contributed by atoms with Gasteiger partial charge in [-0.2, -0.15) is 13.2 Å². The number of fused-ring (bicyclic) bond motifs is 2. The first-order chi connectivity index (χ1) is 20.5. The molecule has 0 amide bonds. The quantitative estimate of drug-likeness (QED) is 0.128. The minimum absolute atomic E-state index is 0.0360. The zero-order valence-electron chi connectivity index (χ0n) is 24.1. The molecular weight excluding hydrogens is 560 g/mol. The van der Waals surface area contributed by atoms with Gasteiger partial charge in [0.15, 0.2) is 0 Å². The first kappa shape index (κ1) is 30.3. The number of aryl methyl sites for hydroxylation is 2. The number of hydrogen-bond donors (Lipinski definition) is 3. The van der Waals surface area contributed by atoms with Crippen molar-refractivity contribution in [3.8, 4) is 0 Å². The van der Waals surface area contributed by atoms with Crippen molar-refractivity contribution in [1.82, 2.24) is 19.9 Å². The Hall–Kier alpha value is -4.18. The van der Waals surface area contributed by atoms with Crippen LogP contribution in [-0.2, 0) is 19.5 Å². The molecule has 0 saturated carbocycles. The molecular formula is C33H34F4N4O2. The zero-order valence-corrected chi connectivity index (χ0v) is 24.1. The van der Waals surface area contributed by atoms with Crippen LogP contribution in [0.2, 0.25) is 0 Å². The second kappa shape index (κ2) is 12.6. The molecule has 3 aromatic carbocycles. The fourth-order valence-electron chi connectivity index (χ4n) is 5.63. The van der Waals surface area contributed by atoms with Gasteiger partial charge in [-0.3, -0.25) is 0 Å². The van der Waals surface area contributed by atoms with Crippen molar-refractivity contribution in [2.45, 2.75) is 64.7 Å². The zero-order chi connectivity index (χ0) is 30.7. The van der Waals surface area contributed by atoms with E-state index in [-0.39, 0.29) is 17.9 Å². The van der Waals surface area contributed by atoms with Gasteiger partial charge in [0.2, 0.25) is 0 Å². The molecule has 10 heteroatoms. The molecule has 0 radical (unpaired) electrons. The fraction of sp³-hybridized carbons (Fsp3) is 0.333. The van der Waals surface area contributed by atoms with Crippen LogP contribution in [0.15, 0.2) is 60.7 Å². The number of carboxylic acids is 1. The third kappa shape index (κ3) is 7.07. The van der Waals surface area contributed by atoms with E-state index in [1.54, 1.807) is 6.07 Å². The number of aromatic amines is 1. The highest BCUT2D eigenvalue weighted by molar-refractivity contribution is 5.88. The van der Waals surface area contributed by atoms with Crippen molar-refractivity contribution >= 4 is 27.9 Å². The normalized spacial score (nSPS) is 12.8. The topological polar surface area (TPSA) is 82.9 Å². The molecule has 0 aliphatic carbocycles. The Labute approximate surface area is 246 Å². The Balaban J connectivity index is 1.39. The Morgan fingerprint density at radius 1 is 1.09 bits per heavy atom. The van der Waals surface area contributed by atoms with Crippen LogP contribution in [0.5, 0.6) is 0 Å². The molecule has 6 nitrogen and oxygen atoms in total. The third-order valence-corrected chi connectivity index (χ3v) is 7.75. The van der Waals surface area contributed by atoms with Crippen LogP contribution in [0.4, 0.5) is 17.6 Å². The lowest BCUT2D eigenvalue weighted by Gasteiger charge is -2.18. The van der Waals surface area contributed by atoms with Gasteiger partial charge in [0, 0.05) is 49.6 Å².